The molecule has 1 aromatic rings. The Kier molecular flexibility index (Phi) is 4.61. The molecule has 0 spiro atoms. The maximum Gasteiger partial charge on any atom is 0.0364 e. The fourth-order valence-electron chi connectivity index (χ4n) is 2.70. The predicted octanol–water partition coefficient (Wildman–Crippen LogP) is 2.07. The zero-order chi connectivity index (χ0) is 13.0. The van der Waals surface area contributed by atoms with E-state index in [2.05, 4.69) is 48.2 Å². The molecule has 1 heterocycles. The lowest BCUT2D eigenvalue weighted by Gasteiger charge is -2.35. The first-order valence-corrected chi connectivity index (χ1v) is 6.91. The van der Waals surface area contributed by atoms with Gasteiger partial charge in [0.05, 0.1) is 0 Å². The Labute approximate surface area is 111 Å². The maximum absolute atomic E-state index is 5.88. The van der Waals surface area contributed by atoms with E-state index in [1.807, 2.05) is 0 Å². The first-order valence-electron chi connectivity index (χ1n) is 6.91. The summed E-state index contributed by atoms with van der Waals surface area (Å²) in [5.74, 6) is 0. The van der Waals surface area contributed by atoms with Crippen molar-refractivity contribution in [2.75, 3.05) is 32.1 Å². The molecular weight excluding hydrogens is 222 g/mol. The number of anilines is 1. The van der Waals surface area contributed by atoms with Crippen LogP contribution in [0.4, 0.5) is 5.69 Å². The second-order valence-electron chi connectivity index (χ2n) is 5.42. The van der Waals surface area contributed by atoms with Crippen LogP contribution in [0.3, 0.4) is 0 Å². The molecule has 0 radical (unpaired) electrons. The second-order valence-corrected chi connectivity index (χ2v) is 5.42. The standard InChI is InChI=1S/C15H25N3/c1-17(2)14-8-5-6-13(10-14)12-18-9-4-3-7-15(18)11-16/h5-6,8,10,15H,3-4,7,9,11-12,16H2,1-2H3. The van der Waals surface area contributed by atoms with E-state index in [4.69, 9.17) is 5.73 Å². The molecule has 1 fully saturated rings. The lowest BCUT2D eigenvalue weighted by Crippen LogP contribution is -2.43. The molecular formula is C15H25N3. The Bertz CT molecular complexity index is 376. The van der Waals surface area contributed by atoms with E-state index in [1.54, 1.807) is 0 Å². The number of piperidine rings is 1. The zero-order valence-electron chi connectivity index (χ0n) is 11.6. The monoisotopic (exact) mass is 247 g/mol. The van der Waals surface area contributed by atoms with E-state index in [-0.39, 0.29) is 0 Å². The molecule has 1 atom stereocenters. The van der Waals surface area contributed by atoms with Crippen molar-refractivity contribution in [1.82, 2.24) is 4.90 Å². The summed E-state index contributed by atoms with van der Waals surface area (Å²) in [4.78, 5) is 4.69. The van der Waals surface area contributed by atoms with Crippen molar-refractivity contribution in [2.45, 2.75) is 31.8 Å². The largest absolute Gasteiger partial charge is 0.378 e. The predicted molar refractivity (Wildman–Crippen MR) is 77.9 cm³/mol. The van der Waals surface area contributed by atoms with Crippen molar-refractivity contribution >= 4 is 5.69 Å². The fourth-order valence-corrected chi connectivity index (χ4v) is 2.70. The average molecular weight is 247 g/mol. The zero-order valence-corrected chi connectivity index (χ0v) is 11.6. The summed E-state index contributed by atoms with van der Waals surface area (Å²) in [5.41, 5.74) is 8.54. The van der Waals surface area contributed by atoms with Crippen LogP contribution in [-0.4, -0.2) is 38.1 Å². The van der Waals surface area contributed by atoms with Crippen LogP contribution in [0.5, 0.6) is 0 Å². The summed E-state index contributed by atoms with van der Waals surface area (Å²) in [6.45, 7) is 3.00. The Hall–Kier alpha value is -1.06. The molecule has 2 N–H and O–H groups in total. The topological polar surface area (TPSA) is 32.5 Å². The van der Waals surface area contributed by atoms with Crippen LogP contribution in [0.15, 0.2) is 24.3 Å². The molecule has 3 heteroatoms. The van der Waals surface area contributed by atoms with Crippen molar-refractivity contribution in [1.29, 1.82) is 0 Å². The normalized spacial score (nSPS) is 20.9. The number of nitrogens with two attached hydrogens (primary N) is 1. The highest BCUT2D eigenvalue weighted by atomic mass is 15.2. The van der Waals surface area contributed by atoms with Gasteiger partial charge in [0, 0.05) is 38.9 Å². The smallest absolute Gasteiger partial charge is 0.0364 e. The minimum absolute atomic E-state index is 0.571. The molecule has 100 valence electrons. The quantitative estimate of drug-likeness (QED) is 0.884. The number of benzene rings is 1. The summed E-state index contributed by atoms with van der Waals surface area (Å²) in [6, 6.07) is 9.37. The molecule has 1 saturated heterocycles. The summed E-state index contributed by atoms with van der Waals surface area (Å²) < 4.78 is 0. The maximum atomic E-state index is 5.88. The van der Waals surface area contributed by atoms with Crippen LogP contribution in [0.25, 0.3) is 0 Å². The second kappa shape index (κ2) is 6.21. The van der Waals surface area contributed by atoms with Gasteiger partial charge in [-0.3, -0.25) is 4.90 Å². The molecule has 18 heavy (non-hydrogen) atoms. The Morgan fingerprint density at radius 3 is 2.89 bits per heavy atom. The van der Waals surface area contributed by atoms with Crippen molar-refractivity contribution in [3.8, 4) is 0 Å². The van der Waals surface area contributed by atoms with E-state index >= 15 is 0 Å². The van der Waals surface area contributed by atoms with Gasteiger partial charge in [-0.05, 0) is 37.1 Å². The van der Waals surface area contributed by atoms with Gasteiger partial charge < -0.3 is 10.6 Å². The number of hydrogen-bond acceptors (Lipinski definition) is 3. The Morgan fingerprint density at radius 1 is 1.33 bits per heavy atom. The molecule has 0 aromatic heterocycles. The van der Waals surface area contributed by atoms with Crippen LogP contribution in [0.1, 0.15) is 24.8 Å². The van der Waals surface area contributed by atoms with Gasteiger partial charge in [-0.25, -0.2) is 0 Å². The van der Waals surface area contributed by atoms with Crippen molar-refractivity contribution < 1.29 is 0 Å². The summed E-state index contributed by atoms with van der Waals surface area (Å²) in [6.07, 6.45) is 3.89. The van der Waals surface area contributed by atoms with Crippen molar-refractivity contribution in [2.24, 2.45) is 5.73 Å². The molecule has 1 aliphatic heterocycles. The van der Waals surface area contributed by atoms with Gasteiger partial charge in [0.1, 0.15) is 0 Å². The van der Waals surface area contributed by atoms with Crippen molar-refractivity contribution in [3.05, 3.63) is 29.8 Å². The first-order chi connectivity index (χ1) is 8.70. The number of nitrogens with zero attached hydrogens (tertiary/aromatic N) is 2. The van der Waals surface area contributed by atoms with Crippen LogP contribution < -0.4 is 10.6 Å². The van der Waals surface area contributed by atoms with Crippen LogP contribution in [0, 0.1) is 0 Å². The fraction of sp³-hybridized carbons (Fsp3) is 0.600. The lowest BCUT2D eigenvalue weighted by molar-refractivity contribution is 0.145. The summed E-state index contributed by atoms with van der Waals surface area (Å²) in [7, 11) is 4.17. The summed E-state index contributed by atoms with van der Waals surface area (Å²) >= 11 is 0. The van der Waals surface area contributed by atoms with Gasteiger partial charge in [-0.2, -0.15) is 0 Å². The molecule has 0 amide bonds. The third-order valence-corrected chi connectivity index (χ3v) is 3.83. The van der Waals surface area contributed by atoms with E-state index in [0.717, 1.165) is 13.1 Å². The van der Waals surface area contributed by atoms with E-state index in [0.29, 0.717) is 6.04 Å². The molecule has 1 aliphatic rings. The highest BCUT2D eigenvalue weighted by molar-refractivity contribution is 5.47. The third kappa shape index (κ3) is 3.24. The number of rotatable bonds is 4. The highest BCUT2D eigenvalue weighted by Gasteiger charge is 2.20. The molecule has 0 bridgehead atoms. The minimum atomic E-state index is 0.571. The minimum Gasteiger partial charge on any atom is -0.378 e. The SMILES string of the molecule is CN(C)c1cccc(CN2CCCCC2CN)c1. The number of hydrogen-bond donors (Lipinski definition) is 1. The van der Waals surface area contributed by atoms with Gasteiger partial charge in [-0.1, -0.05) is 18.6 Å². The Balaban J connectivity index is 2.05. The molecule has 2 rings (SSSR count). The third-order valence-electron chi connectivity index (χ3n) is 3.83. The van der Waals surface area contributed by atoms with Crippen molar-refractivity contribution in [3.63, 3.8) is 0 Å². The van der Waals surface area contributed by atoms with Gasteiger partial charge in [0.2, 0.25) is 0 Å². The molecule has 0 aliphatic carbocycles. The van der Waals surface area contributed by atoms with E-state index in [9.17, 15) is 0 Å². The lowest BCUT2D eigenvalue weighted by atomic mass is 10.0. The van der Waals surface area contributed by atoms with Crippen LogP contribution >= 0.6 is 0 Å². The molecule has 3 nitrogen and oxygen atoms in total. The summed E-state index contributed by atoms with van der Waals surface area (Å²) in [5, 5.41) is 0. The molecule has 1 aromatic carbocycles. The van der Waals surface area contributed by atoms with Crippen LogP contribution in [0.2, 0.25) is 0 Å². The van der Waals surface area contributed by atoms with Gasteiger partial charge >= 0.3 is 0 Å². The molecule has 1 unspecified atom stereocenters. The van der Waals surface area contributed by atoms with E-state index < -0.39 is 0 Å². The van der Waals surface area contributed by atoms with Gasteiger partial charge in [-0.15, -0.1) is 0 Å². The highest BCUT2D eigenvalue weighted by Crippen LogP contribution is 2.21. The number of likely N-dealkylation sites (tertiary alicyclic amines) is 1. The van der Waals surface area contributed by atoms with Gasteiger partial charge in [0.25, 0.3) is 0 Å². The average Bonchev–Trinajstić information content (AvgIpc) is 2.39. The van der Waals surface area contributed by atoms with Gasteiger partial charge in [0.15, 0.2) is 0 Å². The van der Waals surface area contributed by atoms with Crippen LogP contribution in [-0.2, 0) is 6.54 Å². The first kappa shape index (κ1) is 13.4. The molecule has 0 saturated carbocycles. The van der Waals surface area contributed by atoms with E-state index in [1.165, 1.54) is 37.1 Å². The Morgan fingerprint density at radius 2 is 2.17 bits per heavy atom.